The second-order valence-electron chi connectivity index (χ2n) is 7.08. The number of hydrogen-bond acceptors (Lipinski definition) is 6. The van der Waals surface area contributed by atoms with Crippen molar-refractivity contribution in [2.75, 3.05) is 0 Å². The highest BCUT2D eigenvalue weighted by molar-refractivity contribution is 5.95. The molecule has 1 unspecified atom stereocenters. The average Bonchev–Trinajstić information content (AvgIpc) is 3.27. The van der Waals surface area contributed by atoms with Gasteiger partial charge < -0.3 is 10.1 Å². The quantitative estimate of drug-likeness (QED) is 0.337. The Morgan fingerprint density at radius 2 is 1.84 bits per heavy atom. The number of nitro groups is 1. The van der Waals surface area contributed by atoms with Gasteiger partial charge in [0.25, 0.3) is 11.6 Å². The summed E-state index contributed by atoms with van der Waals surface area (Å²) in [5.41, 5.74) is 1.17. The lowest BCUT2D eigenvalue weighted by molar-refractivity contribution is -0.385. The number of carbonyl (C=O) groups is 2. The first kappa shape index (κ1) is 21.7. The maximum absolute atomic E-state index is 12.9. The first-order valence-electron chi connectivity index (χ1n) is 9.69. The van der Waals surface area contributed by atoms with E-state index in [2.05, 4.69) is 10.4 Å². The lowest BCUT2D eigenvalue weighted by atomic mass is 10.0. The minimum atomic E-state index is -0.925. The Morgan fingerprint density at radius 1 is 1.13 bits per heavy atom. The van der Waals surface area contributed by atoms with E-state index in [-0.39, 0.29) is 23.8 Å². The minimum absolute atomic E-state index is 0.181. The fourth-order valence-corrected chi connectivity index (χ4v) is 3.09. The van der Waals surface area contributed by atoms with E-state index in [9.17, 15) is 19.7 Å². The van der Waals surface area contributed by atoms with E-state index in [1.807, 2.05) is 0 Å². The maximum atomic E-state index is 12.9. The summed E-state index contributed by atoms with van der Waals surface area (Å²) in [6, 6.07) is 13.6. The predicted molar refractivity (Wildman–Crippen MR) is 113 cm³/mol. The van der Waals surface area contributed by atoms with E-state index in [0.29, 0.717) is 5.56 Å². The molecule has 0 saturated carbocycles. The number of amides is 1. The highest BCUT2D eigenvalue weighted by atomic mass is 16.6. The van der Waals surface area contributed by atoms with Gasteiger partial charge in [0.05, 0.1) is 34.7 Å². The van der Waals surface area contributed by atoms with E-state index in [0.717, 1.165) is 5.69 Å². The van der Waals surface area contributed by atoms with Gasteiger partial charge in [0.2, 0.25) is 0 Å². The Morgan fingerprint density at radius 3 is 2.45 bits per heavy atom. The van der Waals surface area contributed by atoms with Crippen LogP contribution in [-0.4, -0.2) is 32.7 Å². The van der Waals surface area contributed by atoms with E-state index >= 15 is 0 Å². The van der Waals surface area contributed by atoms with Gasteiger partial charge in [0.15, 0.2) is 0 Å². The highest BCUT2D eigenvalue weighted by Gasteiger charge is 2.27. The van der Waals surface area contributed by atoms with Crippen molar-refractivity contribution in [3.05, 3.63) is 88.2 Å². The number of benzene rings is 2. The van der Waals surface area contributed by atoms with Crippen molar-refractivity contribution in [3.8, 4) is 5.69 Å². The van der Waals surface area contributed by atoms with Gasteiger partial charge >= 0.3 is 5.97 Å². The lowest BCUT2D eigenvalue weighted by Gasteiger charge is -2.19. The summed E-state index contributed by atoms with van der Waals surface area (Å²) in [5.74, 6) is -1.03. The van der Waals surface area contributed by atoms with Crippen LogP contribution in [0.4, 0.5) is 5.69 Å². The molecule has 0 aliphatic rings. The molecule has 1 amide bonds. The molecule has 31 heavy (non-hydrogen) atoms. The number of para-hydroxylation sites is 1. The van der Waals surface area contributed by atoms with Crippen molar-refractivity contribution in [1.82, 2.24) is 15.1 Å². The van der Waals surface area contributed by atoms with Crippen LogP contribution in [0, 0.1) is 10.1 Å². The molecule has 160 valence electrons. The van der Waals surface area contributed by atoms with Gasteiger partial charge in [-0.3, -0.25) is 19.7 Å². The number of nitrogens with one attached hydrogen (secondary N) is 1. The molecule has 1 aromatic heterocycles. The summed E-state index contributed by atoms with van der Waals surface area (Å²) < 4.78 is 6.83. The highest BCUT2D eigenvalue weighted by Crippen LogP contribution is 2.28. The molecule has 2 aromatic carbocycles. The first-order valence-corrected chi connectivity index (χ1v) is 9.69. The molecule has 3 rings (SSSR count). The van der Waals surface area contributed by atoms with Crippen LogP contribution in [-0.2, 0) is 9.53 Å². The number of carbonyl (C=O) groups excluding carboxylic acids is 2. The normalized spacial score (nSPS) is 11.7. The fourth-order valence-electron chi connectivity index (χ4n) is 3.09. The van der Waals surface area contributed by atoms with Gasteiger partial charge in [0.1, 0.15) is 0 Å². The molecule has 0 saturated heterocycles. The molecule has 1 N–H and O–H groups in total. The molecule has 9 nitrogen and oxygen atoms in total. The van der Waals surface area contributed by atoms with Crippen molar-refractivity contribution < 1.29 is 19.2 Å². The molecule has 3 aromatic rings. The van der Waals surface area contributed by atoms with Crippen molar-refractivity contribution in [2.24, 2.45) is 0 Å². The Labute approximate surface area is 178 Å². The summed E-state index contributed by atoms with van der Waals surface area (Å²) >= 11 is 0. The van der Waals surface area contributed by atoms with Gasteiger partial charge in [-0.2, -0.15) is 5.10 Å². The SMILES string of the molecule is CC(C)OC(=O)CC(NC(=O)c1ccc(-n2cccn2)cc1)c1ccccc1[N+](=O)[O-]. The maximum Gasteiger partial charge on any atom is 0.308 e. The molecule has 0 bridgehead atoms. The van der Waals surface area contributed by atoms with Crippen LogP contribution in [0.3, 0.4) is 0 Å². The van der Waals surface area contributed by atoms with Crippen molar-refractivity contribution in [3.63, 3.8) is 0 Å². The van der Waals surface area contributed by atoms with Crippen LogP contribution in [0.2, 0.25) is 0 Å². The Balaban J connectivity index is 1.85. The molecular formula is C22H22N4O5. The standard InChI is InChI=1S/C22H22N4O5/c1-15(2)31-21(27)14-19(18-6-3-4-7-20(18)26(29)30)24-22(28)16-8-10-17(11-9-16)25-13-5-12-23-25/h3-13,15,19H,14H2,1-2H3,(H,24,28). The number of nitro benzene ring substituents is 1. The molecule has 0 fully saturated rings. The molecule has 0 aliphatic heterocycles. The van der Waals surface area contributed by atoms with Crippen LogP contribution >= 0.6 is 0 Å². The number of ether oxygens (including phenoxy) is 1. The fraction of sp³-hybridized carbons (Fsp3) is 0.227. The van der Waals surface area contributed by atoms with Gasteiger partial charge in [-0.15, -0.1) is 0 Å². The topological polar surface area (TPSA) is 116 Å². The van der Waals surface area contributed by atoms with E-state index < -0.39 is 22.8 Å². The van der Waals surface area contributed by atoms with Crippen LogP contribution in [0.15, 0.2) is 67.0 Å². The van der Waals surface area contributed by atoms with Crippen molar-refractivity contribution >= 4 is 17.6 Å². The molecule has 0 radical (unpaired) electrons. The third-order valence-corrected chi connectivity index (χ3v) is 4.45. The minimum Gasteiger partial charge on any atom is -0.463 e. The Kier molecular flexibility index (Phi) is 6.76. The van der Waals surface area contributed by atoms with Gasteiger partial charge in [-0.1, -0.05) is 18.2 Å². The molecule has 1 heterocycles. The molecular weight excluding hydrogens is 400 g/mol. The van der Waals surface area contributed by atoms with Crippen LogP contribution in [0.25, 0.3) is 5.69 Å². The second-order valence-corrected chi connectivity index (χ2v) is 7.08. The van der Waals surface area contributed by atoms with Crippen molar-refractivity contribution in [2.45, 2.75) is 32.4 Å². The first-order chi connectivity index (χ1) is 14.8. The number of hydrogen-bond donors (Lipinski definition) is 1. The Bertz CT molecular complexity index is 1060. The zero-order chi connectivity index (χ0) is 22.4. The molecule has 0 spiro atoms. The summed E-state index contributed by atoms with van der Waals surface area (Å²) in [5, 5.41) is 18.3. The third-order valence-electron chi connectivity index (χ3n) is 4.45. The van der Waals surface area contributed by atoms with E-state index in [1.165, 1.54) is 18.2 Å². The predicted octanol–water partition coefficient (Wildman–Crippen LogP) is 3.59. The summed E-state index contributed by atoms with van der Waals surface area (Å²) in [4.78, 5) is 36.0. The number of nitrogens with zero attached hydrogens (tertiary/aromatic N) is 3. The third kappa shape index (κ3) is 5.53. The molecule has 9 heteroatoms. The monoisotopic (exact) mass is 422 g/mol. The van der Waals surface area contributed by atoms with Crippen molar-refractivity contribution in [1.29, 1.82) is 0 Å². The second kappa shape index (κ2) is 9.66. The van der Waals surface area contributed by atoms with Crippen LogP contribution in [0.1, 0.15) is 42.2 Å². The zero-order valence-corrected chi connectivity index (χ0v) is 17.1. The lowest BCUT2D eigenvalue weighted by Crippen LogP contribution is -2.31. The smallest absolute Gasteiger partial charge is 0.308 e. The Hall–Kier alpha value is -4.01. The average molecular weight is 422 g/mol. The van der Waals surface area contributed by atoms with Gasteiger partial charge in [-0.05, 0) is 44.2 Å². The summed E-state index contributed by atoms with van der Waals surface area (Å²) in [6.07, 6.45) is 2.85. The van der Waals surface area contributed by atoms with Gasteiger partial charge in [-0.25, -0.2) is 4.68 Å². The zero-order valence-electron chi connectivity index (χ0n) is 17.1. The van der Waals surface area contributed by atoms with Gasteiger partial charge in [0, 0.05) is 24.0 Å². The number of rotatable bonds is 8. The molecule has 1 atom stereocenters. The van der Waals surface area contributed by atoms with Crippen LogP contribution < -0.4 is 5.32 Å². The summed E-state index contributed by atoms with van der Waals surface area (Å²) in [7, 11) is 0. The van der Waals surface area contributed by atoms with Crippen LogP contribution in [0.5, 0.6) is 0 Å². The molecule has 0 aliphatic carbocycles. The van der Waals surface area contributed by atoms with E-state index in [1.54, 1.807) is 67.3 Å². The van der Waals surface area contributed by atoms with E-state index in [4.69, 9.17) is 4.74 Å². The number of aromatic nitrogens is 2. The summed E-state index contributed by atoms with van der Waals surface area (Å²) in [6.45, 7) is 3.41. The number of esters is 1. The largest absolute Gasteiger partial charge is 0.463 e.